The van der Waals surface area contributed by atoms with Gasteiger partial charge in [-0.15, -0.1) is 0 Å². The van der Waals surface area contributed by atoms with Crippen molar-refractivity contribution in [3.8, 4) is 0 Å². The van der Waals surface area contributed by atoms with E-state index in [2.05, 4.69) is 53.3 Å². The molecule has 0 bridgehead atoms. The number of rotatable bonds is 4. The van der Waals surface area contributed by atoms with Crippen LogP contribution in [0, 0.1) is 12.8 Å². The van der Waals surface area contributed by atoms with Crippen LogP contribution in [-0.4, -0.2) is 6.04 Å². The van der Waals surface area contributed by atoms with Crippen molar-refractivity contribution in [1.82, 2.24) is 5.32 Å². The molecule has 1 fully saturated rings. The third-order valence-corrected chi connectivity index (χ3v) is 5.17. The molecule has 0 radical (unpaired) electrons. The Bertz CT molecular complexity index is 394. The molecule has 1 aliphatic carbocycles. The Morgan fingerprint density at radius 2 is 1.89 bits per heavy atom. The molecule has 1 N–H and O–H groups in total. The van der Waals surface area contributed by atoms with Gasteiger partial charge in [-0.25, -0.2) is 0 Å². The van der Waals surface area contributed by atoms with Crippen molar-refractivity contribution >= 4 is 15.9 Å². The summed E-state index contributed by atoms with van der Waals surface area (Å²) in [4.78, 5) is 0. The highest BCUT2D eigenvalue weighted by Crippen LogP contribution is 2.26. The van der Waals surface area contributed by atoms with E-state index in [0.29, 0.717) is 6.04 Å². The number of aryl methyl sites for hydroxylation is 1. The lowest BCUT2D eigenvalue weighted by molar-refractivity contribution is 0.336. The van der Waals surface area contributed by atoms with Gasteiger partial charge in [-0.05, 0) is 49.8 Å². The Labute approximate surface area is 126 Å². The van der Waals surface area contributed by atoms with E-state index < -0.39 is 0 Å². The molecule has 0 heterocycles. The maximum atomic E-state index is 3.73. The Morgan fingerprint density at radius 3 is 2.53 bits per heavy atom. The number of hydrogen-bond acceptors (Lipinski definition) is 1. The first-order chi connectivity index (χ1) is 9.16. The standard InChI is InChI=1S/C17H26BrN/c1-13-9-10-16(17(18)11-13)12-19-14(2)15-7-5-3-4-6-8-15/h9-11,14-15,19H,3-8,12H2,1-2H3/t14-/m1/s1. The zero-order valence-electron chi connectivity index (χ0n) is 12.2. The van der Waals surface area contributed by atoms with Gasteiger partial charge in [-0.3, -0.25) is 0 Å². The van der Waals surface area contributed by atoms with E-state index in [1.54, 1.807) is 0 Å². The van der Waals surface area contributed by atoms with Crippen molar-refractivity contribution in [3.05, 3.63) is 33.8 Å². The van der Waals surface area contributed by atoms with E-state index in [-0.39, 0.29) is 0 Å². The molecule has 2 rings (SSSR count). The normalized spacial score (nSPS) is 19.1. The molecule has 0 unspecified atom stereocenters. The molecule has 1 aromatic carbocycles. The highest BCUT2D eigenvalue weighted by Gasteiger charge is 2.18. The van der Waals surface area contributed by atoms with Crippen LogP contribution in [0.4, 0.5) is 0 Å². The summed E-state index contributed by atoms with van der Waals surface area (Å²) in [5, 5.41) is 3.73. The lowest BCUT2D eigenvalue weighted by Crippen LogP contribution is -2.33. The molecule has 0 saturated heterocycles. The van der Waals surface area contributed by atoms with E-state index in [9.17, 15) is 0 Å². The minimum atomic E-state index is 0.631. The van der Waals surface area contributed by atoms with Crippen LogP contribution in [0.25, 0.3) is 0 Å². The zero-order valence-corrected chi connectivity index (χ0v) is 13.8. The number of nitrogens with one attached hydrogen (secondary N) is 1. The van der Waals surface area contributed by atoms with Gasteiger partial charge < -0.3 is 5.32 Å². The fourth-order valence-electron chi connectivity index (χ4n) is 3.04. The van der Waals surface area contributed by atoms with Crippen molar-refractivity contribution in [2.24, 2.45) is 5.92 Å². The van der Waals surface area contributed by atoms with Gasteiger partial charge in [-0.2, -0.15) is 0 Å². The highest BCUT2D eigenvalue weighted by molar-refractivity contribution is 9.10. The third-order valence-electron chi connectivity index (χ3n) is 4.43. The minimum absolute atomic E-state index is 0.631. The van der Waals surface area contributed by atoms with Crippen molar-refractivity contribution in [1.29, 1.82) is 0 Å². The number of benzene rings is 1. The Balaban J connectivity index is 1.86. The van der Waals surface area contributed by atoms with E-state index in [1.807, 2.05) is 0 Å². The summed E-state index contributed by atoms with van der Waals surface area (Å²) >= 11 is 3.67. The molecule has 1 nitrogen and oxygen atoms in total. The molecule has 19 heavy (non-hydrogen) atoms. The number of halogens is 1. The first-order valence-electron chi connectivity index (χ1n) is 7.65. The summed E-state index contributed by atoms with van der Waals surface area (Å²) in [6.07, 6.45) is 8.53. The van der Waals surface area contributed by atoms with Gasteiger partial charge in [-0.1, -0.05) is 53.7 Å². The van der Waals surface area contributed by atoms with Crippen LogP contribution >= 0.6 is 15.9 Å². The quantitative estimate of drug-likeness (QED) is 0.750. The van der Waals surface area contributed by atoms with E-state index in [1.165, 1.54) is 54.1 Å². The maximum Gasteiger partial charge on any atom is 0.0222 e. The van der Waals surface area contributed by atoms with Gasteiger partial charge in [0.1, 0.15) is 0 Å². The summed E-state index contributed by atoms with van der Waals surface area (Å²) in [6, 6.07) is 7.25. The Hall–Kier alpha value is -0.340. The molecular weight excluding hydrogens is 298 g/mol. The van der Waals surface area contributed by atoms with Crippen LogP contribution in [-0.2, 0) is 6.54 Å². The van der Waals surface area contributed by atoms with Gasteiger partial charge in [0.05, 0.1) is 0 Å². The van der Waals surface area contributed by atoms with Gasteiger partial charge >= 0.3 is 0 Å². The van der Waals surface area contributed by atoms with Crippen LogP contribution in [0.5, 0.6) is 0 Å². The monoisotopic (exact) mass is 323 g/mol. The topological polar surface area (TPSA) is 12.0 Å². The molecule has 0 aliphatic heterocycles. The van der Waals surface area contributed by atoms with Crippen LogP contribution in [0.2, 0.25) is 0 Å². The molecular formula is C17H26BrN. The minimum Gasteiger partial charge on any atom is -0.310 e. The molecule has 0 aromatic heterocycles. The Kier molecular flexibility index (Phi) is 5.90. The Morgan fingerprint density at radius 1 is 1.21 bits per heavy atom. The van der Waals surface area contributed by atoms with Crippen LogP contribution in [0.3, 0.4) is 0 Å². The maximum absolute atomic E-state index is 3.73. The fourth-order valence-corrected chi connectivity index (χ4v) is 3.68. The van der Waals surface area contributed by atoms with Gasteiger partial charge in [0.2, 0.25) is 0 Å². The van der Waals surface area contributed by atoms with Crippen molar-refractivity contribution in [2.75, 3.05) is 0 Å². The van der Waals surface area contributed by atoms with Crippen LogP contribution in [0.1, 0.15) is 56.6 Å². The van der Waals surface area contributed by atoms with Gasteiger partial charge in [0.25, 0.3) is 0 Å². The SMILES string of the molecule is Cc1ccc(CN[C@H](C)C2CCCCCC2)c(Br)c1. The highest BCUT2D eigenvalue weighted by atomic mass is 79.9. The second-order valence-electron chi connectivity index (χ2n) is 6.02. The van der Waals surface area contributed by atoms with E-state index in [4.69, 9.17) is 0 Å². The number of hydrogen-bond donors (Lipinski definition) is 1. The molecule has 0 spiro atoms. The third kappa shape index (κ3) is 4.61. The predicted molar refractivity (Wildman–Crippen MR) is 86.4 cm³/mol. The summed E-state index contributed by atoms with van der Waals surface area (Å²) in [5.41, 5.74) is 2.68. The summed E-state index contributed by atoms with van der Waals surface area (Å²) < 4.78 is 1.23. The first kappa shape index (κ1) is 15.1. The molecule has 1 atom stereocenters. The molecule has 1 saturated carbocycles. The lowest BCUT2D eigenvalue weighted by Gasteiger charge is -2.24. The smallest absolute Gasteiger partial charge is 0.0222 e. The van der Waals surface area contributed by atoms with Crippen LogP contribution < -0.4 is 5.32 Å². The molecule has 2 heteroatoms. The average Bonchev–Trinajstić information content (AvgIpc) is 2.66. The average molecular weight is 324 g/mol. The van der Waals surface area contributed by atoms with Gasteiger partial charge in [0.15, 0.2) is 0 Å². The second kappa shape index (κ2) is 7.44. The fraction of sp³-hybridized carbons (Fsp3) is 0.647. The summed E-state index contributed by atoms with van der Waals surface area (Å²) in [7, 11) is 0. The molecule has 0 amide bonds. The molecule has 1 aromatic rings. The van der Waals surface area contributed by atoms with Crippen molar-refractivity contribution in [2.45, 2.75) is 65.0 Å². The second-order valence-corrected chi connectivity index (χ2v) is 6.87. The predicted octanol–water partition coefficient (Wildman–Crippen LogP) is 5.21. The van der Waals surface area contributed by atoms with E-state index >= 15 is 0 Å². The lowest BCUT2D eigenvalue weighted by atomic mass is 9.93. The van der Waals surface area contributed by atoms with Crippen LogP contribution in [0.15, 0.2) is 22.7 Å². The van der Waals surface area contributed by atoms with E-state index in [0.717, 1.165) is 12.5 Å². The summed E-state index contributed by atoms with van der Waals surface area (Å²) in [5.74, 6) is 0.867. The first-order valence-corrected chi connectivity index (χ1v) is 8.44. The van der Waals surface area contributed by atoms with Gasteiger partial charge in [0, 0.05) is 17.1 Å². The molecule has 1 aliphatic rings. The summed E-state index contributed by atoms with van der Waals surface area (Å²) in [6.45, 7) is 5.47. The van der Waals surface area contributed by atoms with Crippen molar-refractivity contribution < 1.29 is 0 Å². The van der Waals surface area contributed by atoms with Crippen molar-refractivity contribution in [3.63, 3.8) is 0 Å². The molecule has 106 valence electrons. The largest absolute Gasteiger partial charge is 0.310 e. The zero-order chi connectivity index (χ0) is 13.7.